The predicted octanol–water partition coefficient (Wildman–Crippen LogP) is 0.488. The van der Waals surface area contributed by atoms with Gasteiger partial charge < -0.3 is 15.0 Å². The Hall–Kier alpha value is -1.93. The SMILES string of the molecule is COCCNC(=O)C(C)S(=O)(=O)c1nc2ccccc2[nH]1. The Morgan fingerprint density at radius 2 is 2.14 bits per heavy atom. The molecule has 0 aliphatic carbocycles. The summed E-state index contributed by atoms with van der Waals surface area (Å²) in [6.45, 7) is 1.92. The number of nitrogens with one attached hydrogen (secondary N) is 2. The smallest absolute Gasteiger partial charge is 0.238 e. The number of aromatic amines is 1. The Balaban J connectivity index is 2.22. The first-order chi connectivity index (χ1) is 9.96. The van der Waals surface area contributed by atoms with E-state index in [2.05, 4.69) is 15.3 Å². The molecule has 8 heteroatoms. The summed E-state index contributed by atoms with van der Waals surface area (Å²) in [5, 5.41) is 1.09. The van der Waals surface area contributed by atoms with Crippen LogP contribution in [0.5, 0.6) is 0 Å². The summed E-state index contributed by atoms with van der Waals surface area (Å²) in [5.41, 5.74) is 1.16. The summed E-state index contributed by atoms with van der Waals surface area (Å²) in [5.74, 6) is -0.576. The molecule has 0 fully saturated rings. The van der Waals surface area contributed by atoms with Gasteiger partial charge in [0.25, 0.3) is 0 Å². The van der Waals surface area contributed by atoms with Crippen LogP contribution in [0.4, 0.5) is 0 Å². The Bertz CT molecular complexity index is 706. The molecule has 2 rings (SSSR count). The first-order valence-corrected chi connectivity index (χ1v) is 7.96. The number of hydrogen-bond acceptors (Lipinski definition) is 5. The number of carbonyl (C=O) groups excluding carboxylic acids is 1. The number of ether oxygens (including phenoxy) is 1. The normalized spacial score (nSPS) is 13.2. The van der Waals surface area contributed by atoms with Gasteiger partial charge in [0.05, 0.1) is 17.6 Å². The van der Waals surface area contributed by atoms with Crippen LogP contribution in [0.2, 0.25) is 0 Å². The van der Waals surface area contributed by atoms with Crippen LogP contribution in [-0.2, 0) is 19.4 Å². The van der Waals surface area contributed by atoms with Crippen LogP contribution in [0, 0.1) is 0 Å². The number of imidazole rings is 1. The molecule has 1 aromatic carbocycles. The fraction of sp³-hybridized carbons (Fsp3) is 0.385. The lowest BCUT2D eigenvalue weighted by Crippen LogP contribution is -2.39. The highest BCUT2D eigenvalue weighted by atomic mass is 32.2. The van der Waals surface area contributed by atoms with Gasteiger partial charge in [0.2, 0.25) is 20.9 Å². The van der Waals surface area contributed by atoms with Gasteiger partial charge in [0, 0.05) is 13.7 Å². The quantitative estimate of drug-likeness (QED) is 0.756. The molecule has 1 unspecified atom stereocenters. The molecule has 7 nitrogen and oxygen atoms in total. The lowest BCUT2D eigenvalue weighted by molar-refractivity contribution is -0.120. The first kappa shape index (κ1) is 15.5. The molecule has 2 aromatic rings. The molecular weight excluding hydrogens is 294 g/mol. The molecule has 0 aliphatic heterocycles. The van der Waals surface area contributed by atoms with E-state index in [9.17, 15) is 13.2 Å². The highest BCUT2D eigenvalue weighted by Gasteiger charge is 2.32. The molecule has 1 heterocycles. The maximum atomic E-state index is 12.4. The number of fused-ring (bicyclic) bond motifs is 1. The summed E-state index contributed by atoms with van der Waals surface area (Å²) >= 11 is 0. The monoisotopic (exact) mass is 311 g/mol. The van der Waals surface area contributed by atoms with Gasteiger partial charge in [-0.2, -0.15) is 0 Å². The zero-order valence-corrected chi connectivity index (χ0v) is 12.6. The van der Waals surface area contributed by atoms with E-state index in [1.54, 1.807) is 24.3 Å². The molecule has 114 valence electrons. The summed E-state index contributed by atoms with van der Waals surface area (Å²) in [6, 6.07) is 6.97. The number of amides is 1. The van der Waals surface area contributed by atoms with Crippen molar-refractivity contribution in [3.05, 3.63) is 24.3 Å². The number of nitrogens with zero attached hydrogens (tertiary/aromatic N) is 1. The average molecular weight is 311 g/mol. The Labute approximate surface area is 122 Å². The predicted molar refractivity (Wildman–Crippen MR) is 77.6 cm³/mol. The number of carbonyl (C=O) groups is 1. The maximum absolute atomic E-state index is 12.4. The largest absolute Gasteiger partial charge is 0.383 e. The molecule has 1 atom stereocenters. The number of methoxy groups -OCH3 is 1. The number of benzene rings is 1. The van der Waals surface area contributed by atoms with Gasteiger partial charge in [0.15, 0.2) is 0 Å². The number of para-hydroxylation sites is 2. The van der Waals surface area contributed by atoms with Gasteiger partial charge in [-0.25, -0.2) is 13.4 Å². The van der Waals surface area contributed by atoms with Crippen molar-refractivity contribution in [1.29, 1.82) is 0 Å². The third-order valence-corrected chi connectivity index (χ3v) is 4.95. The third kappa shape index (κ3) is 3.22. The van der Waals surface area contributed by atoms with Crippen molar-refractivity contribution in [3.8, 4) is 0 Å². The van der Waals surface area contributed by atoms with E-state index in [-0.39, 0.29) is 11.7 Å². The highest BCUT2D eigenvalue weighted by Crippen LogP contribution is 2.17. The minimum Gasteiger partial charge on any atom is -0.383 e. The van der Waals surface area contributed by atoms with Crippen LogP contribution in [0.25, 0.3) is 11.0 Å². The Kier molecular flexibility index (Phi) is 4.59. The average Bonchev–Trinajstić information content (AvgIpc) is 2.91. The molecule has 0 spiro atoms. The topological polar surface area (TPSA) is 101 Å². The van der Waals surface area contributed by atoms with Gasteiger partial charge in [-0.1, -0.05) is 12.1 Å². The number of sulfone groups is 1. The van der Waals surface area contributed by atoms with Crippen LogP contribution < -0.4 is 5.32 Å². The van der Waals surface area contributed by atoms with Crippen molar-refractivity contribution in [3.63, 3.8) is 0 Å². The second-order valence-corrected chi connectivity index (χ2v) is 6.71. The molecule has 0 saturated heterocycles. The minimum atomic E-state index is -3.86. The van der Waals surface area contributed by atoms with Crippen LogP contribution in [-0.4, -0.2) is 49.8 Å². The highest BCUT2D eigenvalue weighted by molar-refractivity contribution is 7.92. The summed E-state index contributed by atoms with van der Waals surface area (Å²) < 4.78 is 29.6. The Morgan fingerprint density at radius 1 is 1.43 bits per heavy atom. The zero-order chi connectivity index (χ0) is 15.5. The van der Waals surface area contributed by atoms with Gasteiger partial charge in [0.1, 0.15) is 5.25 Å². The molecule has 21 heavy (non-hydrogen) atoms. The summed E-state index contributed by atoms with van der Waals surface area (Å²) in [6.07, 6.45) is 0. The van der Waals surface area contributed by atoms with E-state index in [0.717, 1.165) is 0 Å². The lowest BCUT2D eigenvalue weighted by Gasteiger charge is -2.11. The standard InChI is InChI=1S/C13H17N3O4S/c1-9(12(17)14-7-8-20-2)21(18,19)13-15-10-5-3-4-6-11(10)16-13/h3-6,9H,7-8H2,1-2H3,(H,14,17)(H,15,16). The fourth-order valence-corrected chi connectivity index (χ4v) is 2.97. The van der Waals surface area contributed by atoms with E-state index < -0.39 is 21.0 Å². The maximum Gasteiger partial charge on any atom is 0.238 e. The second kappa shape index (κ2) is 6.23. The van der Waals surface area contributed by atoms with Crippen LogP contribution >= 0.6 is 0 Å². The molecule has 1 aromatic heterocycles. The van der Waals surface area contributed by atoms with Crippen LogP contribution in [0.1, 0.15) is 6.92 Å². The van der Waals surface area contributed by atoms with E-state index in [4.69, 9.17) is 4.74 Å². The molecule has 0 radical (unpaired) electrons. The van der Waals surface area contributed by atoms with Gasteiger partial charge in [-0.05, 0) is 19.1 Å². The first-order valence-electron chi connectivity index (χ1n) is 6.42. The van der Waals surface area contributed by atoms with Crippen LogP contribution in [0.3, 0.4) is 0 Å². The van der Waals surface area contributed by atoms with Crippen molar-refractivity contribution in [2.24, 2.45) is 0 Å². The van der Waals surface area contributed by atoms with Crippen molar-refractivity contribution in [1.82, 2.24) is 15.3 Å². The summed E-state index contributed by atoms with van der Waals surface area (Å²) in [4.78, 5) is 18.6. The molecule has 0 saturated carbocycles. The van der Waals surface area contributed by atoms with E-state index in [0.29, 0.717) is 17.6 Å². The summed E-state index contributed by atoms with van der Waals surface area (Å²) in [7, 11) is -2.36. The molecule has 2 N–H and O–H groups in total. The van der Waals surface area contributed by atoms with Crippen molar-refractivity contribution >= 4 is 26.8 Å². The van der Waals surface area contributed by atoms with Gasteiger partial charge >= 0.3 is 0 Å². The number of aromatic nitrogens is 2. The van der Waals surface area contributed by atoms with Crippen molar-refractivity contribution < 1.29 is 17.9 Å². The van der Waals surface area contributed by atoms with E-state index in [1.165, 1.54) is 14.0 Å². The van der Waals surface area contributed by atoms with Gasteiger partial charge in [-0.3, -0.25) is 4.79 Å². The fourth-order valence-electron chi connectivity index (χ4n) is 1.79. The van der Waals surface area contributed by atoms with Gasteiger partial charge in [-0.15, -0.1) is 0 Å². The van der Waals surface area contributed by atoms with Crippen molar-refractivity contribution in [2.75, 3.05) is 20.3 Å². The van der Waals surface area contributed by atoms with E-state index >= 15 is 0 Å². The minimum absolute atomic E-state index is 0.196. The number of rotatable bonds is 6. The number of hydrogen-bond donors (Lipinski definition) is 2. The van der Waals surface area contributed by atoms with Crippen molar-refractivity contribution in [2.45, 2.75) is 17.3 Å². The molecule has 1 amide bonds. The lowest BCUT2D eigenvalue weighted by atomic mass is 10.3. The third-order valence-electron chi connectivity index (χ3n) is 3.08. The van der Waals surface area contributed by atoms with Crippen LogP contribution in [0.15, 0.2) is 29.4 Å². The van der Waals surface area contributed by atoms with E-state index in [1.807, 2.05) is 0 Å². The Morgan fingerprint density at radius 3 is 2.81 bits per heavy atom. The second-order valence-electron chi connectivity index (χ2n) is 4.53. The number of H-pyrrole nitrogens is 1. The zero-order valence-electron chi connectivity index (χ0n) is 11.8. The molecule has 0 bridgehead atoms. The molecular formula is C13H17N3O4S. The molecule has 0 aliphatic rings.